The molecule has 0 unspecified atom stereocenters. The van der Waals surface area contributed by atoms with Gasteiger partial charge in [0.1, 0.15) is 0 Å². The maximum Gasteiger partial charge on any atom is 0.257 e. The number of carbonyl (C=O) groups excluding carboxylic acids is 1. The second-order valence-electron chi connectivity index (χ2n) is 3.09. The summed E-state index contributed by atoms with van der Waals surface area (Å²) in [6.45, 7) is 1.96. The van der Waals surface area contributed by atoms with E-state index in [-0.39, 0.29) is 5.91 Å². The molecule has 1 heterocycles. The Kier molecular flexibility index (Phi) is 3.25. The molecule has 1 N–H and O–H groups in total. The van der Waals surface area contributed by atoms with Crippen molar-refractivity contribution < 1.29 is 4.79 Å². The highest BCUT2D eigenvalue weighted by Gasteiger charge is 2.09. The third-order valence-corrected chi connectivity index (χ3v) is 3.32. The number of aromatic nitrogens is 3. The molecule has 5 nitrogen and oxygen atoms in total. The SMILES string of the molecule is Cc1ccc(C(=O)Nc2nnns2)cc1Br. The van der Waals surface area contributed by atoms with Gasteiger partial charge in [-0.1, -0.05) is 31.6 Å². The van der Waals surface area contributed by atoms with Crippen LogP contribution in [0.5, 0.6) is 0 Å². The fraction of sp³-hybridized carbons (Fsp3) is 0.111. The van der Waals surface area contributed by atoms with Crippen LogP contribution in [0.3, 0.4) is 0 Å². The van der Waals surface area contributed by atoms with E-state index in [1.807, 2.05) is 13.0 Å². The molecule has 0 aliphatic heterocycles. The summed E-state index contributed by atoms with van der Waals surface area (Å²) in [4.78, 5) is 11.8. The van der Waals surface area contributed by atoms with Crippen molar-refractivity contribution in [1.29, 1.82) is 0 Å². The lowest BCUT2D eigenvalue weighted by Crippen LogP contribution is -2.11. The van der Waals surface area contributed by atoms with Gasteiger partial charge in [0.2, 0.25) is 5.13 Å². The summed E-state index contributed by atoms with van der Waals surface area (Å²) in [5, 5.41) is 10.0. The summed E-state index contributed by atoms with van der Waals surface area (Å²) < 4.78 is 4.46. The first-order valence-corrected chi connectivity index (χ1v) is 5.96. The molecule has 1 aromatic heterocycles. The number of rotatable bonds is 2. The van der Waals surface area contributed by atoms with Crippen molar-refractivity contribution in [3.05, 3.63) is 33.8 Å². The third-order valence-electron chi connectivity index (χ3n) is 1.95. The highest BCUT2D eigenvalue weighted by Crippen LogP contribution is 2.18. The second-order valence-corrected chi connectivity index (χ2v) is 4.67. The molecule has 1 aromatic carbocycles. The van der Waals surface area contributed by atoms with Crippen LogP contribution in [-0.2, 0) is 0 Å². The zero-order valence-electron chi connectivity index (χ0n) is 8.27. The molecule has 0 saturated heterocycles. The summed E-state index contributed by atoms with van der Waals surface area (Å²) in [5.74, 6) is -0.223. The van der Waals surface area contributed by atoms with E-state index in [2.05, 4.69) is 36.0 Å². The van der Waals surface area contributed by atoms with Gasteiger partial charge in [-0.25, -0.2) is 0 Å². The van der Waals surface area contributed by atoms with Gasteiger partial charge in [0.05, 0.1) is 0 Å². The van der Waals surface area contributed by atoms with Crippen molar-refractivity contribution >= 4 is 38.5 Å². The fourth-order valence-corrected chi connectivity index (χ4v) is 1.83. The smallest absolute Gasteiger partial charge is 0.257 e. The Hall–Kier alpha value is -1.34. The molecule has 0 saturated carbocycles. The van der Waals surface area contributed by atoms with Crippen LogP contribution >= 0.6 is 27.5 Å². The van der Waals surface area contributed by atoms with Crippen LogP contribution in [0.4, 0.5) is 5.13 Å². The molecule has 0 fully saturated rings. The Morgan fingerprint density at radius 3 is 2.94 bits per heavy atom. The van der Waals surface area contributed by atoms with Gasteiger partial charge in [0.25, 0.3) is 5.91 Å². The molecular weight excluding hydrogens is 292 g/mol. The quantitative estimate of drug-likeness (QED) is 0.923. The molecule has 0 spiro atoms. The maximum absolute atomic E-state index is 11.8. The van der Waals surface area contributed by atoms with Crippen LogP contribution in [0.1, 0.15) is 15.9 Å². The lowest BCUT2D eigenvalue weighted by molar-refractivity contribution is 0.102. The van der Waals surface area contributed by atoms with E-state index in [1.54, 1.807) is 12.1 Å². The van der Waals surface area contributed by atoms with Gasteiger partial charge in [-0.15, -0.1) is 0 Å². The van der Waals surface area contributed by atoms with Gasteiger partial charge < -0.3 is 0 Å². The largest absolute Gasteiger partial charge is 0.295 e. The summed E-state index contributed by atoms with van der Waals surface area (Å²) in [7, 11) is 0. The fourth-order valence-electron chi connectivity index (χ4n) is 1.09. The number of nitrogens with zero attached hydrogens (tertiary/aromatic N) is 3. The van der Waals surface area contributed by atoms with Gasteiger partial charge in [-0.2, -0.15) is 0 Å². The first kappa shape index (κ1) is 11.2. The lowest BCUT2D eigenvalue weighted by Gasteiger charge is -2.03. The number of benzene rings is 1. The van der Waals surface area contributed by atoms with Crippen LogP contribution in [0.25, 0.3) is 0 Å². The number of nitrogens with one attached hydrogen (secondary N) is 1. The van der Waals surface area contributed by atoms with Gasteiger partial charge in [0, 0.05) is 21.6 Å². The van der Waals surface area contributed by atoms with E-state index in [4.69, 9.17) is 0 Å². The number of carbonyl (C=O) groups is 1. The first-order valence-electron chi connectivity index (χ1n) is 4.39. The highest BCUT2D eigenvalue weighted by atomic mass is 79.9. The van der Waals surface area contributed by atoms with Crippen molar-refractivity contribution in [2.45, 2.75) is 6.92 Å². The van der Waals surface area contributed by atoms with Crippen LogP contribution in [0.15, 0.2) is 22.7 Å². The van der Waals surface area contributed by atoms with Gasteiger partial charge in [-0.3, -0.25) is 10.1 Å². The summed E-state index contributed by atoms with van der Waals surface area (Å²) in [6.07, 6.45) is 0. The minimum Gasteiger partial charge on any atom is -0.295 e. The van der Waals surface area contributed by atoms with E-state index in [0.29, 0.717) is 10.7 Å². The Bertz CT molecular complexity index is 514. The van der Waals surface area contributed by atoms with E-state index < -0.39 is 0 Å². The Morgan fingerprint density at radius 1 is 1.50 bits per heavy atom. The number of hydrogen-bond acceptors (Lipinski definition) is 5. The molecule has 1 amide bonds. The first-order chi connectivity index (χ1) is 7.66. The number of anilines is 1. The second kappa shape index (κ2) is 4.67. The number of amides is 1. The molecule has 0 bridgehead atoms. The molecule has 16 heavy (non-hydrogen) atoms. The summed E-state index contributed by atoms with van der Waals surface area (Å²) >= 11 is 4.41. The van der Waals surface area contributed by atoms with Crippen LogP contribution < -0.4 is 5.32 Å². The zero-order chi connectivity index (χ0) is 11.5. The van der Waals surface area contributed by atoms with E-state index >= 15 is 0 Å². The predicted molar refractivity (Wildman–Crippen MR) is 64.5 cm³/mol. The molecule has 82 valence electrons. The maximum atomic E-state index is 11.8. The average molecular weight is 299 g/mol. The molecule has 0 aliphatic carbocycles. The average Bonchev–Trinajstić information content (AvgIpc) is 2.74. The van der Waals surface area contributed by atoms with Gasteiger partial charge in [0.15, 0.2) is 0 Å². The molecule has 7 heteroatoms. The lowest BCUT2D eigenvalue weighted by atomic mass is 10.1. The van der Waals surface area contributed by atoms with Crippen molar-refractivity contribution in [1.82, 2.24) is 14.8 Å². The molecule has 0 atom stereocenters. The standard InChI is InChI=1S/C9H7BrN4OS/c1-5-2-3-6(4-7(5)10)8(15)11-9-12-13-14-16-9/h2-4H,1H3,(H,11,12,14,15). The minimum absolute atomic E-state index is 0.223. The topological polar surface area (TPSA) is 67.8 Å². The molecule has 2 aromatic rings. The zero-order valence-corrected chi connectivity index (χ0v) is 10.7. The number of hydrogen-bond donors (Lipinski definition) is 1. The van der Waals surface area contributed by atoms with Crippen LogP contribution in [0.2, 0.25) is 0 Å². The molecule has 2 rings (SSSR count). The van der Waals surface area contributed by atoms with E-state index in [9.17, 15) is 4.79 Å². The van der Waals surface area contributed by atoms with E-state index in [0.717, 1.165) is 21.6 Å². The monoisotopic (exact) mass is 298 g/mol. The highest BCUT2D eigenvalue weighted by molar-refractivity contribution is 9.10. The van der Waals surface area contributed by atoms with Crippen molar-refractivity contribution in [2.75, 3.05) is 5.32 Å². The van der Waals surface area contributed by atoms with Crippen LogP contribution in [0, 0.1) is 6.92 Å². The van der Waals surface area contributed by atoms with E-state index in [1.165, 1.54) is 0 Å². The Labute approximate surface area is 104 Å². The Morgan fingerprint density at radius 2 is 2.31 bits per heavy atom. The van der Waals surface area contributed by atoms with Crippen molar-refractivity contribution in [3.63, 3.8) is 0 Å². The number of aryl methyl sites for hydroxylation is 1. The Balaban J connectivity index is 2.18. The predicted octanol–water partition coefficient (Wildman–Crippen LogP) is 2.26. The third kappa shape index (κ3) is 2.42. The molecular formula is C9H7BrN4OS. The summed E-state index contributed by atoms with van der Waals surface area (Å²) in [6, 6.07) is 5.39. The normalized spacial score (nSPS) is 10.1. The molecule has 0 aliphatic rings. The van der Waals surface area contributed by atoms with Crippen molar-refractivity contribution in [3.8, 4) is 0 Å². The van der Waals surface area contributed by atoms with Gasteiger partial charge >= 0.3 is 0 Å². The molecule has 0 radical (unpaired) electrons. The minimum atomic E-state index is -0.223. The van der Waals surface area contributed by atoms with Crippen molar-refractivity contribution in [2.24, 2.45) is 0 Å². The van der Waals surface area contributed by atoms with Gasteiger partial charge in [-0.05, 0) is 29.8 Å². The number of halogens is 1. The van der Waals surface area contributed by atoms with Crippen LogP contribution in [-0.4, -0.2) is 20.7 Å². The summed E-state index contributed by atoms with van der Waals surface area (Å²) in [5.41, 5.74) is 1.64.